The van der Waals surface area contributed by atoms with Crippen LogP contribution in [0.4, 0.5) is 5.82 Å². The van der Waals surface area contributed by atoms with Crippen LogP contribution < -0.4 is 10.5 Å². The second kappa shape index (κ2) is 18.4. The number of methoxy groups -OCH3 is 1. The van der Waals surface area contributed by atoms with Crippen LogP contribution in [0.25, 0.3) is 0 Å². The van der Waals surface area contributed by atoms with E-state index < -0.39 is 5.92 Å². The Kier molecular flexibility index (Phi) is 13.7. The minimum Gasteiger partial charge on any atom is -0.504 e. The number of anilines is 1. The molecule has 0 spiro atoms. The molecule has 5 rings (SSSR count). The predicted molar refractivity (Wildman–Crippen MR) is 202 cm³/mol. The van der Waals surface area contributed by atoms with Crippen molar-refractivity contribution in [2.24, 2.45) is 35.5 Å². The maximum atomic E-state index is 14.7. The van der Waals surface area contributed by atoms with Crippen LogP contribution in [0, 0.1) is 47.3 Å². The van der Waals surface area contributed by atoms with Gasteiger partial charge in [-0.1, -0.05) is 81.7 Å². The number of phenols is 1. The van der Waals surface area contributed by atoms with Crippen LogP contribution in [0.15, 0.2) is 60.8 Å². The average molecular weight is 693 g/mol. The van der Waals surface area contributed by atoms with Crippen molar-refractivity contribution < 1.29 is 24.5 Å². The summed E-state index contributed by atoms with van der Waals surface area (Å²) in [6.07, 6.45) is 10.4. The lowest BCUT2D eigenvalue weighted by Crippen LogP contribution is -2.37. The summed E-state index contributed by atoms with van der Waals surface area (Å²) in [5, 5.41) is 21.8. The molecule has 7 nitrogen and oxygen atoms in total. The number of ketones is 2. The molecule has 0 unspecified atom stereocenters. The zero-order valence-electron chi connectivity index (χ0n) is 30.7. The molecule has 0 radical (unpaired) electrons. The third-order valence-corrected chi connectivity index (χ3v) is 11.4. The van der Waals surface area contributed by atoms with E-state index in [1.807, 2.05) is 48.5 Å². The molecule has 2 aliphatic rings. The number of benzene rings is 2. The highest BCUT2D eigenvalue weighted by Crippen LogP contribution is 2.48. The number of rotatable bonds is 12. The molecule has 2 aliphatic carbocycles. The van der Waals surface area contributed by atoms with E-state index in [0.717, 1.165) is 73.6 Å². The fourth-order valence-electron chi connectivity index (χ4n) is 8.96. The molecular formula is C44H56N2O5. The van der Waals surface area contributed by atoms with Crippen molar-refractivity contribution in [2.75, 3.05) is 19.5 Å². The van der Waals surface area contributed by atoms with Gasteiger partial charge in [-0.25, -0.2) is 4.98 Å². The van der Waals surface area contributed by atoms with E-state index in [4.69, 9.17) is 10.5 Å². The van der Waals surface area contributed by atoms with Crippen molar-refractivity contribution in [2.45, 2.75) is 96.8 Å². The first kappa shape index (κ1) is 38.1. The first-order valence-electron chi connectivity index (χ1n) is 19.1. The summed E-state index contributed by atoms with van der Waals surface area (Å²) in [6.45, 7) is 4.43. The number of carbonyl (C=O) groups excluding carboxylic acids is 2. The van der Waals surface area contributed by atoms with E-state index in [2.05, 4.69) is 30.7 Å². The van der Waals surface area contributed by atoms with Gasteiger partial charge in [0.25, 0.3) is 0 Å². The van der Waals surface area contributed by atoms with E-state index in [1.165, 1.54) is 7.11 Å². The van der Waals surface area contributed by atoms with Crippen LogP contribution in [-0.2, 0) is 22.4 Å². The van der Waals surface area contributed by atoms with Gasteiger partial charge in [0, 0.05) is 31.1 Å². The van der Waals surface area contributed by atoms with E-state index >= 15 is 0 Å². The first-order valence-corrected chi connectivity index (χ1v) is 19.1. The molecule has 7 atom stereocenters. The number of ether oxygens (including phenoxy) is 1. The monoisotopic (exact) mass is 692 g/mol. The summed E-state index contributed by atoms with van der Waals surface area (Å²) in [5.74, 6) is 7.47. The molecule has 3 aromatic rings. The molecule has 0 saturated heterocycles. The number of hydrogen-bond donors (Lipinski definition) is 3. The Hall–Kier alpha value is -4.15. The van der Waals surface area contributed by atoms with Gasteiger partial charge in [-0.3, -0.25) is 9.59 Å². The normalized spacial score (nSPS) is 24.5. The van der Waals surface area contributed by atoms with Crippen LogP contribution in [0.1, 0.15) is 106 Å². The van der Waals surface area contributed by atoms with Crippen LogP contribution in [0.5, 0.6) is 11.5 Å². The highest BCUT2D eigenvalue weighted by Gasteiger charge is 2.45. The van der Waals surface area contributed by atoms with Crippen molar-refractivity contribution in [3.8, 4) is 23.3 Å². The molecule has 2 aromatic carbocycles. The number of aromatic nitrogens is 1. The van der Waals surface area contributed by atoms with Crippen molar-refractivity contribution in [1.82, 2.24) is 4.98 Å². The van der Waals surface area contributed by atoms with E-state index in [1.54, 1.807) is 12.3 Å². The van der Waals surface area contributed by atoms with Crippen LogP contribution in [0.3, 0.4) is 0 Å². The number of nitrogens with two attached hydrogens (primary N) is 1. The Bertz CT molecular complexity index is 1680. The molecular weight excluding hydrogens is 636 g/mol. The highest BCUT2D eigenvalue weighted by molar-refractivity contribution is 6.00. The fraction of sp³-hybridized carbons (Fsp3) is 0.523. The minimum atomic E-state index is -0.415. The summed E-state index contributed by atoms with van der Waals surface area (Å²) in [6, 6.07) is 17.6. The number of carbonyl (C=O) groups is 2. The molecule has 1 aromatic heterocycles. The molecule has 0 amide bonds. The van der Waals surface area contributed by atoms with Gasteiger partial charge in [-0.15, -0.1) is 0 Å². The number of aliphatic hydroxyl groups excluding tert-OH is 1. The third kappa shape index (κ3) is 9.60. The molecule has 1 fully saturated rings. The summed E-state index contributed by atoms with van der Waals surface area (Å²) in [5.41, 5.74) is 9.94. The molecule has 0 bridgehead atoms. The molecule has 1 heterocycles. The Morgan fingerprint density at radius 2 is 1.80 bits per heavy atom. The number of fused-ring (bicyclic) bond motifs is 2. The van der Waals surface area contributed by atoms with Gasteiger partial charge in [-0.05, 0) is 109 Å². The Morgan fingerprint density at radius 1 is 1.00 bits per heavy atom. The van der Waals surface area contributed by atoms with Crippen molar-refractivity contribution in [3.63, 3.8) is 0 Å². The smallest absolute Gasteiger partial charge is 0.160 e. The first-order chi connectivity index (χ1) is 24.8. The van der Waals surface area contributed by atoms with Gasteiger partial charge in [-0.2, -0.15) is 0 Å². The lowest BCUT2D eigenvalue weighted by atomic mass is 9.66. The van der Waals surface area contributed by atoms with E-state index in [0.29, 0.717) is 24.4 Å². The maximum absolute atomic E-state index is 14.7. The number of nitrogen functional groups attached to an aromatic ring is 1. The number of Topliss-reactive ketones (excluding diaryl/α,β-unsaturated/α-hetero) is 2. The lowest BCUT2D eigenvalue weighted by molar-refractivity contribution is -0.132. The number of aryl methyl sites for hydroxylation is 1. The van der Waals surface area contributed by atoms with Crippen molar-refractivity contribution in [3.05, 3.63) is 83.0 Å². The van der Waals surface area contributed by atoms with Gasteiger partial charge in [0.2, 0.25) is 0 Å². The Labute approximate surface area is 304 Å². The second-order valence-electron chi connectivity index (χ2n) is 14.9. The maximum Gasteiger partial charge on any atom is 0.160 e. The summed E-state index contributed by atoms with van der Waals surface area (Å²) in [4.78, 5) is 32.7. The second-order valence-corrected chi connectivity index (χ2v) is 14.9. The van der Waals surface area contributed by atoms with Gasteiger partial charge in [0.15, 0.2) is 11.5 Å². The average Bonchev–Trinajstić information content (AvgIpc) is 3.26. The Morgan fingerprint density at radius 3 is 2.51 bits per heavy atom. The Balaban J connectivity index is 1.71. The number of nitrogens with zero attached hydrogens (tertiary/aromatic N) is 1. The van der Waals surface area contributed by atoms with Gasteiger partial charge < -0.3 is 20.7 Å². The standard InChI is InChI=1S/C44H56N2O5/c1-4-6-8-14-37-38(34(28-47)11-5-2)23-30(21-29-19-20-46-43(45)24-29)22-33-16-18-36(31-12-9-7-10-13-31)39-27-40(49)42(51-3)25-32(39)15-17-35(48)26-41(50)44(33)37/h7,9-10,12-13,19-20,24-25,27,30,33-34,36-38,44,47,49H,4-6,8,11,14-15,17,21-23,26,28H2,1-3H3,(H2,45,46)/t30-,33+,34-,36-,37-,38-,44+/m0/s1. The van der Waals surface area contributed by atoms with Crippen molar-refractivity contribution in [1.29, 1.82) is 0 Å². The lowest BCUT2D eigenvalue weighted by Gasteiger charge is -2.37. The summed E-state index contributed by atoms with van der Waals surface area (Å²) in [7, 11) is 1.52. The van der Waals surface area contributed by atoms with Gasteiger partial charge in [0.05, 0.1) is 19.4 Å². The van der Waals surface area contributed by atoms with Gasteiger partial charge in [0.1, 0.15) is 17.4 Å². The highest BCUT2D eigenvalue weighted by atomic mass is 16.5. The minimum absolute atomic E-state index is 0.00562. The topological polar surface area (TPSA) is 123 Å². The fourth-order valence-corrected chi connectivity index (χ4v) is 8.96. The van der Waals surface area contributed by atoms with Crippen molar-refractivity contribution >= 4 is 17.4 Å². The number of pyridine rings is 1. The summed E-state index contributed by atoms with van der Waals surface area (Å²) >= 11 is 0. The quantitative estimate of drug-likeness (QED) is 0.0996. The van der Waals surface area contributed by atoms with Crippen LogP contribution in [-0.4, -0.2) is 40.5 Å². The van der Waals surface area contributed by atoms with Gasteiger partial charge >= 0.3 is 0 Å². The molecule has 0 aliphatic heterocycles. The molecule has 7 heteroatoms. The number of aromatic hydroxyl groups is 1. The number of hydrogen-bond acceptors (Lipinski definition) is 7. The zero-order valence-corrected chi connectivity index (χ0v) is 30.7. The predicted octanol–water partition coefficient (Wildman–Crippen LogP) is 8.09. The van der Waals surface area contributed by atoms with E-state index in [9.17, 15) is 19.8 Å². The SMILES string of the molecule is CCCCC[C@H]1[C@H]([C@H](CO)CCC)C[C@@H](Cc2ccnc(N)c2)C[C@H]2C#C[C@@H](c3ccccc3)c3cc(O)c(OC)cc3CCC(=O)CC(=O)[C@@H]12. The molecule has 272 valence electrons. The number of phenolic OH excluding ortho intramolecular Hbond substituents is 1. The summed E-state index contributed by atoms with van der Waals surface area (Å²) < 4.78 is 5.47. The third-order valence-electron chi connectivity index (χ3n) is 11.4. The van der Waals surface area contributed by atoms with E-state index in [-0.39, 0.29) is 72.3 Å². The largest absolute Gasteiger partial charge is 0.504 e. The number of aliphatic hydroxyl groups is 1. The molecule has 1 saturated carbocycles. The van der Waals surface area contributed by atoms with Crippen LogP contribution in [0.2, 0.25) is 0 Å². The molecule has 51 heavy (non-hydrogen) atoms. The van der Waals surface area contributed by atoms with Crippen LogP contribution >= 0.6 is 0 Å². The molecule has 4 N–H and O–H groups in total. The zero-order chi connectivity index (χ0) is 36.3. The number of unbranched alkanes of at least 4 members (excludes halogenated alkanes) is 2.